The molecule has 0 bridgehead atoms. The molecule has 1 fully saturated rings. The van der Waals surface area contributed by atoms with Gasteiger partial charge in [0, 0.05) is 12.2 Å². The first kappa shape index (κ1) is 22.9. The van der Waals surface area contributed by atoms with Gasteiger partial charge in [-0.25, -0.2) is 13.4 Å². The van der Waals surface area contributed by atoms with Crippen molar-refractivity contribution in [2.24, 2.45) is 0 Å². The fourth-order valence-corrected chi connectivity index (χ4v) is 6.06. The van der Waals surface area contributed by atoms with Crippen LogP contribution < -0.4 is 4.90 Å². The molecule has 1 saturated heterocycles. The van der Waals surface area contributed by atoms with E-state index in [-0.39, 0.29) is 16.9 Å². The number of carbonyl (C=O) groups is 1. The number of benzene rings is 2. The second-order valence-electron chi connectivity index (χ2n) is 8.55. The molecule has 2 aromatic carbocycles. The van der Waals surface area contributed by atoms with Crippen molar-refractivity contribution in [1.29, 1.82) is 0 Å². The minimum absolute atomic E-state index is 0.0595. The van der Waals surface area contributed by atoms with E-state index in [0.717, 1.165) is 34.2 Å². The van der Waals surface area contributed by atoms with E-state index in [1.807, 2.05) is 19.9 Å². The highest BCUT2D eigenvalue weighted by Gasteiger charge is 2.28. The smallest absolute Gasteiger partial charge is 0.260 e. The number of anilines is 1. The molecule has 8 heteroatoms. The summed E-state index contributed by atoms with van der Waals surface area (Å²) in [6.45, 7) is 8.40. The van der Waals surface area contributed by atoms with Crippen LogP contribution in [0, 0.1) is 13.8 Å². The molecule has 32 heavy (non-hydrogen) atoms. The van der Waals surface area contributed by atoms with Crippen LogP contribution in [0.3, 0.4) is 0 Å². The molecule has 0 aliphatic carbocycles. The van der Waals surface area contributed by atoms with Gasteiger partial charge in [-0.05, 0) is 69.9 Å². The number of aryl methyl sites for hydroxylation is 2. The minimum atomic E-state index is -3.49. The zero-order valence-corrected chi connectivity index (χ0v) is 20.4. The van der Waals surface area contributed by atoms with Crippen molar-refractivity contribution in [3.8, 4) is 0 Å². The topological polar surface area (TPSA) is 76.6 Å². The first-order valence-corrected chi connectivity index (χ1v) is 13.2. The highest BCUT2D eigenvalue weighted by atomic mass is 32.2. The Bertz CT molecular complexity index is 1220. The Hall–Kier alpha value is -2.29. The average Bonchev–Trinajstić information content (AvgIpc) is 3.45. The van der Waals surface area contributed by atoms with Crippen LogP contribution in [0.2, 0.25) is 0 Å². The molecule has 3 aromatic rings. The van der Waals surface area contributed by atoms with Crippen LogP contribution in [-0.4, -0.2) is 43.8 Å². The predicted octanol–water partition coefficient (Wildman–Crippen LogP) is 4.92. The summed E-state index contributed by atoms with van der Waals surface area (Å²) in [6.07, 6.45) is 1.79. The Morgan fingerprint density at radius 1 is 1.22 bits per heavy atom. The van der Waals surface area contributed by atoms with E-state index >= 15 is 0 Å². The number of amides is 1. The maximum Gasteiger partial charge on any atom is 0.260 e. The number of nitrogens with zero attached hydrogens (tertiary/aromatic N) is 2. The van der Waals surface area contributed by atoms with Crippen molar-refractivity contribution in [3.63, 3.8) is 0 Å². The number of rotatable bonds is 6. The molecule has 1 amide bonds. The number of aromatic nitrogens is 1. The third-order valence-corrected chi connectivity index (χ3v) is 9.21. The van der Waals surface area contributed by atoms with Gasteiger partial charge in [0.05, 0.1) is 33.0 Å². The van der Waals surface area contributed by atoms with E-state index < -0.39 is 15.1 Å². The lowest BCUT2D eigenvalue weighted by atomic mass is 10.1. The van der Waals surface area contributed by atoms with Gasteiger partial charge >= 0.3 is 0 Å². The molecule has 1 unspecified atom stereocenters. The maximum absolute atomic E-state index is 13.7. The number of sulfone groups is 1. The summed E-state index contributed by atoms with van der Waals surface area (Å²) in [5.41, 5.74) is 3.40. The quantitative estimate of drug-likeness (QED) is 0.509. The van der Waals surface area contributed by atoms with Crippen LogP contribution in [0.25, 0.3) is 10.2 Å². The van der Waals surface area contributed by atoms with Crippen LogP contribution in [0.15, 0.2) is 41.3 Å². The summed E-state index contributed by atoms with van der Waals surface area (Å²) in [6, 6.07) is 10.4. The molecule has 6 nitrogen and oxygen atoms in total. The highest BCUT2D eigenvalue weighted by molar-refractivity contribution is 7.92. The van der Waals surface area contributed by atoms with Gasteiger partial charge in [0.25, 0.3) is 5.91 Å². The normalized spacial score (nSPS) is 16.7. The Balaban J connectivity index is 1.77. The summed E-state index contributed by atoms with van der Waals surface area (Å²) in [4.78, 5) is 20.3. The van der Waals surface area contributed by atoms with E-state index in [1.54, 1.807) is 36.9 Å². The molecule has 1 aliphatic heterocycles. The largest absolute Gasteiger partial charge is 0.376 e. The van der Waals surface area contributed by atoms with E-state index in [0.29, 0.717) is 23.8 Å². The van der Waals surface area contributed by atoms with Crippen molar-refractivity contribution in [2.45, 2.75) is 56.8 Å². The number of fused-ring (bicyclic) bond motifs is 1. The molecule has 0 radical (unpaired) electrons. The van der Waals surface area contributed by atoms with Gasteiger partial charge in [0.2, 0.25) is 0 Å². The van der Waals surface area contributed by atoms with Gasteiger partial charge in [0.15, 0.2) is 15.0 Å². The fourth-order valence-electron chi connectivity index (χ4n) is 3.84. The Morgan fingerprint density at radius 3 is 2.62 bits per heavy atom. The minimum Gasteiger partial charge on any atom is -0.376 e. The lowest BCUT2D eigenvalue weighted by Crippen LogP contribution is -2.37. The monoisotopic (exact) mass is 472 g/mol. The summed E-state index contributed by atoms with van der Waals surface area (Å²) in [5, 5.41) is 0.0427. The standard InChI is InChI=1S/C24H28N2O4S2/c1-15(2)32(28,29)20-9-5-7-18(13-20)23(27)26(14-19-8-6-12-30-19)24-25-21-16(3)10-11-17(4)22(21)31-24/h5,7,9-11,13,15,19H,6,8,12,14H2,1-4H3. The van der Waals surface area contributed by atoms with Crippen LogP contribution in [0.4, 0.5) is 5.13 Å². The van der Waals surface area contributed by atoms with E-state index in [1.165, 1.54) is 17.4 Å². The number of hydrogen-bond acceptors (Lipinski definition) is 6. The third-order valence-electron chi connectivity index (χ3n) is 5.85. The van der Waals surface area contributed by atoms with E-state index in [9.17, 15) is 13.2 Å². The fraction of sp³-hybridized carbons (Fsp3) is 0.417. The molecular formula is C24H28N2O4S2. The second kappa shape index (κ2) is 8.92. The third kappa shape index (κ3) is 4.31. The highest BCUT2D eigenvalue weighted by Crippen LogP contribution is 2.34. The first-order valence-electron chi connectivity index (χ1n) is 10.8. The molecule has 4 rings (SSSR count). The number of ether oxygens (including phenoxy) is 1. The Kier molecular flexibility index (Phi) is 6.38. The Labute approximate surface area is 193 Å². The molecule has 2 heterocycles. The van der Waals surface area contributed by atoms with Crippen molar-refractivity contribution in [2.75, 3.05) is 18.1 Å². The summed E-state index contributed by atoms with van der Waals surface area (Å²) < 4.78 is 32.2. The van der Waals surface area contributed by atoms with Crippen LogP contribution >= 0.6 is 11.3 Å². The Morgan fingerprint density at radius 2 is 1.97 bits per heavy atom. The summed E-state index contributed by atoms with van der Waals surface area (Å²) in [7, 11) is -3.49. The maximum atomic E-state index is 13.7. The van der Waals surface area contributed by atoms with Gasteiger partial charge < -0.3 is 4.74 Å². The SMILES string of the molecule is Cc1ccc(C)c2sc(N(CC3CCCO3)C(=O)c3cccc(S(=O)(=O)C(C)C)c3)nc12. The van der Waals surface area contributed by atoms with E-state index in [4.69, 9.17) is 9.72 Å². The number of thiazole rings is 1. The number of hydrogen-bond donors (Lipinski definition) is 0. The molecule has 0 spiro atoms. The summed E-state index contributed by atoms with van der Waals surface area (Å²) >= 11 is 1.49. The van der Waals surface area contributed by atoms with Crippen LogP contribution in [0.5, 0.6) is 0 Å². The lowest BCUT2D eigenvalue weighted by molar-refractivity contribution is 0.0917. The zero-order chi connectivity index (χ0) is 23.0. The first-order chi connectivity index (χ1) is 15.2. The van der Waals surface area contributed by atoms with Crippen molar-refractivity contribution in [3.05, 3.63) is 53.1 Å². The average molecular weight is 473 g/mol. The van der Waals surface area contributed by atoms with Crippen molar-refractivity contribution >= 4 is 42.4 Å². The molecule has 1 atom stereocenters. The number of carbonyl (C=O) groups excluding carboxylic acids is 1. The van der Waals surface area contributed by atoms with Crippen molar-refractivity contribution < 1.29 is 17.9 Å². The van der Waals surface area contributed by atoms with E-state index in [2.05, 4.69) is 6.07 Å². The van der Waals surface area contributed by atoms with Crippen molar-refractivity contribution in [1.82, 2.24) is 4.98 Å². The molecule has 1 aliphatic rings. The molecular weight excluding hydrogens is 444 g/mol. The van der Waals surface area contributed by atoms with Gasteiger partial charge in [-0.3, -0.25) is 9.69 Å². The summed E-state index contributed by atoms with van der Waals surface area (Å²) in [5.74, 6) is -0.268. The van der Waals surface area contributed by atoms with Crippen LogP contribution in [-0.2, 0) is 14.6 Å². The molecule has 1 aromatic heterocycles. The molecule has 170 valence electrons. The van der Waals surface area contributed by atoms with Gasteiger partial charge in [-0.1, -0.05) is 29.5 Å². The van der Waals surface area contributed by atoms with Gasteiger partial charge in [0.1, 0.15) is 0 Å². The lowest BCUT2D eigenvalue weighted by Gasteiger charge is -2.23. The zero-order valence-electron chi connectivity index (χ0n) is 18.8. The molecule has 0 N–H and O–H groups in total. The second-order valence-corrected chi connectivity index (χ2v) is 12.0. The predicted molar refractivity (Wildman–Crippen MR) is 129 cm³/mol. The van der Waals surface area contributed by atoms with Gasteiger partial charge in [-0.15, -0.1) is 0 Å². The van der Waals surface area contributed by atoms with Crippen LogP contribution in [0.1, 0.15) is 48.2 Å². The molecule has 0 saturated carbocycles. The van der Waals surface area contributed by atoms with Gasteiger partial charge in [-0.2, -0.15) is 0 Å².